The molecule has 2 N–H and O–H groups in total. The molecule has 0 heterocycles. The maximum Gasteiger partial charge on any atom is 0.221 e. The van der Waals surface area contributed by atoms with Gasteiger partial charge in [0.2, 0.25) is 5.91 Å². The minimum Gasteiger partial charge on any atom is -0.352 e. The zero-order chi connectivity index (χ0) is 11.8. The summed E-state index contributed by atoms with van der Waals surface area (Å²) >= 11 is 0. The zero-order valence-electron chi connectivity index (χ0n) is 9.42. The van der Waals surface area contributed by atoms with E-state index in [1.165, 1.54) is 12.1 Å². The number of rotatable bonds is 6. The standard InChI is InChI=1S/C12H17FN2O/c1-2-14-8-7-12(16)15-9-10-3-5-11(13)6-4-10/h3-6,14H,2,7-9H2,1H3,(H,15,16). The normalized spacial score (nSPS) is 10.1. The van der Waals surface area contributed by atoms with Crippen molar-refractivity contribution in [3.05, 3.63) is 35.6 Å². The monoisotopic (exact) mass is 224 g/mol. The van der Waals surface area contributed by atoms with E-state index in [9.17, 15) is 9.18 Å². The molecule has 0 aliphatic rings. The van der Waals surface area contributed by atoms with Crippen LogP contribution in [0.15, 0.2) is 24.3 Å². The molecule has 0 unspecified atom stereocenters. The van der Waals surface area contributed by atoms with Crippen molar-refractivity contribution in [3.63, 3.8) is 0 Å². The highest BCUT2D eigenvalue weighted by atomic mass is 19.1. The predicted octanol–water partition coefficient (Wildman–Crippen LogP) is 1.44. The van der Waals surface area contributed by atoms with E-state index in [0.717, 1.165) is 12.1 Å². The Balaban J connectivity index is 2.23. The third-order valence-corrected chi connectivity index (χ3v) is 2.18. The first-order valence-electron chi connectivity index (χ1n) is 5.44. The fourth-order valence-corrected chi connectivity index (χ4v) is 1.27. The lowest BCUT2D eigenvalue weighted by Crippen LogP contribution is -2.27. The first-order chi connectivity index (χ1) is 7.72. The van der Waals surface area contributed by atoms with Crippen molar-refractivity contribution >= 4 is 5.91 Å². The van der Waals surface area contributed by atoms with E-state index in [-0.39, 0.29) is 11.7 Å². The van der Waals surface area contributed by atoms with E-state index in [2.05, 4.69) is 10.6 Å². The van der Waals surface area contributed by atoms with Gasteiger partial charge < -0.3 is 10.6 Å². The van der Waals surface area contributed by atoms with Gasteiger partial charge >= 0.3 is 0 Å². The van der Waals surface area contributed by atoms with Gasteiger partial charge in [-0.15, -0.1) is 0 Å². The van der Waals surface area contributed by atoms with Crippen LogP contribution in [0.25, 0.3) is 0 Å². The number of carbonyl (C=O) groups excluding carboxylic acids is 1. The molecular weight excluding hydrogens is 207 g/mol. The van der Waals surface area contributed by atoms with Gasteiger partial charge in [-0.05, 0) is 24.2 Å². The van der Waals surface area contributed by atoms with E-state index in [0.29, 0.717) is 19.5 Å². The van der Waals surface area contributed by atoms with Crippen LogP contribution in [0.2, 0.25) is 0 Å². The Labute approximate surface area is 95.0 Å². The molecule has 0 bridgehead atoms. The van der Waals surface area contributed by atoms with E-state index >= 15 is 0 Å². The van der Waals surface area contributed by atoms with Crippen LogP contribution in [0.4, 0.5) is 4.39 Å². The number of hydrogen-bond donors (Lipinski definition) is 2. The Kier molecular flexibility index (Phi) is 5.50. The third-order valence-electron chi connectivity index (χ3n) is 2.18. The summed E-state index contributed by atoms with van der Waals surface area (Å²) < 4.78 is 12.6. The van der Waals surface area contributed by atoms with Gasteiger partial charge in [0.25, 0.3) is 0 Å². The topological polar surface area (TPSA) is 41.1 Å². The summed E-state index contributed by atoms with van der Waals surface area (Å²) in [7, 11) is 0. The Morgan fingerprint density at radius 2 is 2.00 bits per heavy atom. The Morgan fingerprint density at radius 3 is 2.62 bits per heavy atom. The van der Waals surface area contributed by atoms with Gasteiger partial charge in [0.1, 0.15) is 5.82 Å². The largest absolute Gasteiger partial charge is 0.352 e. The SMILES string of the molecule is CCNCCC(=O)NCc1ccc(F)cc1. The highest BCUT2D eigenvalue weighted by Crippen LogP contribution is 2.01. The molecule has 1 amide bonds. The van der Waals surface area contributed by atoms with E-state index in [4.69, 9.17) is 0 Å². The molecule has 0 atom stereocenters. The second-order valence-electron chi connectivity index (χ2n) is 3.51. The van der Waals surface area contributed by atoms with Gasteiger partial charge in [-0.3, -0.25) is 4.79 Å². The molecule has 0 saturated carbocycles. The number of halogens is 1. The number of amides is 1. The average molecular weight is 224 g/mol. The van der Waals surface area contributed by atoms with Crippen LogP contribution >= 0.6 is 0 Å². The quantitative estimate of drug-likeness (QED) is 0.718. The summed E-state index contributed by atoms with van der Waals surface area (Å²) in [5.41, 5.74) is 0.901. The maximum absolute atomic E-state index is 12.6. The van der Waals surface area contributed by atoms with Crippen LogP contribution in [-0.4, -0.2) is 19.0 Å². The smallest absolute Gasteiger partial charge is 0.221 e. The van der Waals surface area contributed by atoms with Crippen LogP contribution in [0.3, 0.4) is 0 Å². The molecule has 16 heavy (non-hydrogen) atoms. The Hall–Kier alpha value is -1.42. The molecule has 0 aromatic heterocycles. The molecule has 1 aromatic carbocycles. The molecule has 0 fully saturated rings. The molecule has 0 radical (unpaired) electrons. The molecule has 0 aliphatic heterocycles. The van der Waals surface area contributed by atoms with Crippen LogP contribution in [0.1, 0.15) is 18.9 Å². The van der Waals surface area contributed by atoms with Crippen LogP contribution in [-0.2, 0) is 11.3 Å². The first kappa shape index (κ1) is 12.6. The number of hydrogen-bond acceptors (Lipinski definition) is 2. The average Bonchev–Trinajstić information content (AvgIpc) is 2.29. The van der Waals surface area contributed by atoms with Crippen molar-refractivity contribution in [2.45, 2.75) is 19.9 Å². The van der Waals surface area contributed by atoms with Gasteiger partial charge in [0.05, 0.1) is 0 Å². The van der Waals surface area contributed by atoms with Gasteiger partial charge in [-0.25, -0.2) is 4.39 Å². The molecule has 0 spiro atoms. The molecule has 1 aromatic rings. The van der Waals surface area contributed by atoms with Crippen molar-refractivity contribution in [2.24, 2.45) is 0 Å². The number of nitrogens with one attached hydrogen (secondary N) is 2. The minimum atomic E-state index is -0.262. The molecule has 3 nitrogen and oxygen atoms in total. The second kappa shape index (κ2) is 6.95. The third kappa shape index (κ3) is 4.89. The number of carbonyl (C=O) groups is 1. The van der Waals surface area contributed by atoms with Crippen molar-refractivity contribution in [3.8, 4) is 0 Å². The fourth-order valence-electron chi connectivity index (χ4n) is 1.27. The highest BCUT2D eigenvalue weighted by molar-refractivity contribution is 5.76. The highest BCUT2D eigenvalue weighted by Gasteiger charge is 2.00. The lowest BCUT2D eigenvalue weighted by molar-refractivity contribution is -0.121. The Bertz CT molecular complexity index is 324. The lowest BCUT2D eigenvalue weighted by atomic mass is 10.2. The van der Waals surface area contributed by atoms with Gasteiger partial charge in [0.15, 0.2) is 0 Å². The summed E-state index contributed by atoms with van der Waals surface area (Å²) in [6, 6.07) is 6.11. The van der Waals surface area contributed by atoms with Crippen molar-refractivity contribution in [1.29, 1.82) is 0 Å². The maximum atomic E-state index is 12.6. The molecular formula is C12H17FN2O. The summed E-state index contributed by atoms with van der Waals surface area (Å²) in [4.78, 5) is 11.3. The predicted molar refractivity (Wildman–Crippen MR) is 61.4 cm³/mol. The van der Waals surface area contributed by atoms with Crippen molar-refractivity contribution in [2.75, 3.05) is 13.1 Å². The van der Waals surface area contributed by atoms with Crippen molar-refractivity contribution in [1.82, 2.24) is 10.6 Å². The minimum absolute atomic E-state index is 0.00488. The van der Waals surface area contributed by atoms with Crippen LogP contribution < -0.4 is 10.6 Å². The lowest BCUT2D eigenvalue weighted by Gasteiger charge is -2.05. The summed E-state index contributed by atoms with van der Waals surface area (Å²) in [5.74, 6) is -0.257. The second-order valence-corrected chi connectivity index (χ2v) is 3.51. The summed E-state index contributed by atoms with van der Waals surface area (Å²) in [6.45, 7) is 4.00. The fraction of sp³-hybridized carbons (Fsp3) is 0.417. The summed E-state index contributed by atoms with van der Waals surface area (Å²) in [6.07, 6.45) is 0.467. The molecule has 0 aliphatic carbocycles. The number of benzene rings is 1. The zero-order valence-corrected chi connectivity index (χ0v) is 9.42. The van der Waals surface area contributed by atoms with Crippen LogP contribution in [0, 0.1) is 5.82 Å². The Morgan fingerprint density at radius 1 is 1.31 bits per heavy atom. The molecule has 1 rings (SSSR count). The van der Waals surface area contributed by atoms with E-state index in [1.54, 1.807) is 12.1 Å². The van der Waals surface area contributed by atoms with Crippen LogP contribution in [0.5, 0.6) is 0 Å². The van der Waals surface area contributed by atoms with Crippen molar-refractivity contribution < 1.29 is 9.18 Å². The van der Waals surface area contributed by atoms with E-state index < -0.39 is 0 Å². The summed E-state index contributed by atoms with van der Waals surface area (Å²) in [5, 5.41) is 5.85. The van der Waals surface area contributed by atoms with Gasteiger partial charge in [-0.2, -0.15) is 0 Å². The first-order valence-corrected chi connectivity index (χ1v) is 5.44. The molecule has 4 heteroatoms. The van der Waals surface area contributed by atoms with Gasteiger partial charge in [0, 0.05) is 19.5 Å². The van der Waals surface area contributed by atoms with Gasteiger partial charge in [-0.1, -0.05) is 19.1 Å². The molecule has 88 valence electrons. The molecule has 0 saturated heterocycles. The van der Waals surface area contributed by atoms with E-state index in [1.807, 2.05) is 6.92 Å².